The Kier molecular flexibility index (Phi) is 3.18. The van der Waals surface area contributed by atoms with E-state index in [1.165, 1.54) is 10.8 Å². The van der Waals surface area contributed by atoms with Crippen molar-refractivity contribution in [2.75, 3.05) is 13.1 Å². The van der Waals surface area contributed by atoms with E-state index < -0.39 is 11.5 Å². The normalized spacial score (nSPS) is 18.3. The maximum atomic E-state index is 11.5. The van der Waals surface area contributed by atoms with Gasteiger partial charge in [-0.15, -0.1) is 0 Å². The third kappa shape index (κ3) is 1.90. The van der Waals surface area contributed by atoms with E-state index in [1.807, 2.05) is 0 Å². The lowest BCUT2D eigenvalue weighted by atomic mass is 9.87. The Morgan fingerprint density at radius 2 is 2.06 bits per heavy atom. The first-order chi connectivity index (χ1) is 8.60. The summed E-state index contributed by atoms with van der Waals surface area (Å²) < 4.78 is 1.48. The van der Waals surface area contributed by atoms with Crippen LogP contribution in [0.1, 0.15) is 12.8 Å². The summed E-state index contributed by atoms with van der Waals surface area (Å²) in [5, 5.41) is 13.5. The van der Waals surface area contributed by atoms with Crippen molar-refractivity contribution in [2.24, 2.45) is 0 Å². The zero-order chi connectivity index (χ0) is 13.2. The third-order valence-electron chi connectivity index (χ3n) is 3.42. The highest BCUT2D eigenvalue weighted by Crippen LogP contribution is 2.30. The molecule has 1 saturated heterocycles. The van der Waals surface area contributed by atoms with Gasteiger partial charge in [0.25, 0.3) is 0 Å². The second-order valence-corrected chi connectivity index (χ2v) is 4.32. The van der Waals surface area contributed by atoms with Crippen LogP contribution in [0.3, 0.4) is 0 Å². The van der Waals surface area contributed by atoms with Gasteiger partial charge in [0.15, 0.2) is 5.54 Å². The van der Waals surface area contributed by atoms with Crippen LogP contribution in [0.25, 0.3) is 0 Å². The van der Waals surface area contributed by atoms with Gasteiger partial charge in [0, 0.05) is 38.3 Å². The van der Waals surface area contributed by atoms with Gasteiger partial charge in [-0.05, 0) is 12.1 Å². The van der Waals surface area contributed by atoms with Crippen molar-refractivity contribution in [1.29, 1.82) is 0 Å². The molecule has 1 aromatic heterocycles. The van der Waals surface area contributed by atoms with Gasteiger partial charge in [-0.3, -0.25) is 9.48 Å². The molecule has 0 atom stereocenters. The molecule has 0 aliphatic carbocycles. The first kappa shape index (κ1) is 12.3. The van der Waals surface area contributed by atoms with Crippen LogP contribution in [0.2, 0.25) is 0 Å². The van der Waals surface area contributed by atoms with Crippen LogP contribution >= 0.6 is 0 Å². The quantitative estimate of drug-likeness (QED) is 0.790. The molecule has 0 aromatic carbocycles. The van der Waals surface area contributed by atoms with Crippen LogP contribution in [0, 0.1) is 0 Å². The molecular weight excluding hydrogens is 234 g/mol. The molecule has 0 saturated carbocycles. The van der Waals surface area contributed by atoms with Gasteiger partial charge in [0.1, 0.15) is 0 Å². The van der Waals surface area contributed by atoms with Crippen molar-refractivity contribution < 1.29 is 14.7 Å². The fourth-order valence-corrected chi connectivity index (χ4v) is 2.29. The van der Waals surface area contributed by atoms with Gasteiger partial charge in [0.05, 0.1) is 0 Å². The standard InChI is InChI=1S/C12H15N3O3/c1-2-10(16)14-8-4-12(5-9-14,11(17)18)15-7-3-6-13-15/h2-3,6-7H,1,4-5,8-9H2,(H,17,18). The lowest BCUT2D eigenvalue weighted by Gasteiger charge is -2.38. The molecule has 0 unspecified atom stereocenters. The molecule has 1 fully saturated rings. The molecule has 2 heterocycles. The Labute approximate surface area is 105 Å². The summed E-state index contributed by atoms with van der Waals surface area (Å²) in [5.74, 6) is -1.06. The Hall–Kier alpha value is -2.11. The van der Waals surface area contributed by atoms with Gasteiger partial charge in [-0.1, -0.05) is 6.58 Å². The van der Waals surface area contributed by atoms with Gasteiger partial charge >= 0.3 is 5.97 Å². The molecule has 1 aliphatic rings. The fraction of sp³-hybridized carbons (Fsp3) is 0.417. The van der Waals surface area contributed by atoms with Crippen LogP contribution in [0.5, 0.6) is 0 Å². The predicted octanol–water partition coefficient (Wildman–Crippen LogP) is 0.471. The molecule has 1 aliphatic heterocycles. The average Bonchev–Trinajstić information content (AvgIpc) is 2.92. The maximum absolute atomic E-state index is 11.5. The number of likely N-dealkylation sites (tertiary alicyclic amines) is 1. The maximum Gasteiger partial charge on any atom is 0.331 e. The van der Waals surface area contributed by atoms with E-state index in [2.05, 4.69) is 11.7 Å². The molecule has 6 heteroatoms. The predicted molar refractivity (Wildman–Crippen MR) is 63.8 cm³/mol. The second-order valence-electron chi connectivity index (χ2n) is 4.32. The number of amides is 1. The van der Waals surface area contributed by atoms with Crippen molar-refractivity contribution in [1.82, 2.24) is 14.7 Å². The topological polar surface area (TPSA) is 75.4 Å². The van der Waals surface area contributed by atoms with E-state index in [-0.39, 0.29) is 5.91 Å². The summed E-state index contributed by atoms with van der Waals surface area (Å²) in [7, 11) is 0. The number of hydrogen-bond donors (Lipinski definition) is 1. The highest BCUT2D eigenvalue weighted by atomic mass is 16.4. The van der Waals surface area contributed by atoms with Crippen molar-refractivity contribution in [2.45, 2.75) is 18.4 Å². The lowest BCUT2D eigenvalue weighted by molar-refractivity contribution is -0.152. The van der Waals surface area contributed by atoms with Crippen LogP contribution < -0.4 is 0 Å². The highest BCUT2D eigenvalue weighted by Gasteiger charge is 2.44. The number of carbonyl (C=O) groups excluding carboxylic acids is 1. The smallest absolute Gasteiger partial charge is 0.331 e. The fourth-order valence-electron chi connectivity index (χ4n) is 2.29. The number of rotatable bonds is 3. The minimum atomic E-state index is -1.04. The van der Waals surface area contributed by atoms with Crippen molar-refractivity contribution in [3.8, 4) is 0 Å². The first-order valence-corrected chi connectivity index (χ1v) is 5.75. The number of aliphatic carboxylic acids is 1. The molecule has 0 spiro atoms. The highest BCUT2D eigenvalue weighted by molar-refractivity contribution is 5.87. The van der Waals surface area contributed by atoms with Gasteiger partial charge in [-0.25, -0.2) is 4.79 Å². The molecule has 6 nitrogen and oxygen atoms in total. The van der Waals surface area contributed by atoms with Crippen LogP contribution in [-0.4, -0.2) is 44.8 Å². The molecule has 1 amide bonds. The first-order valence-electron chi connectivity index (χ1n) is 5.75. The summed E-state index contributed by atoms with van der Waals surface area (Å²) in [5.41, 5.74) is -1.04. The monoisotopic (exact) mass is 249 g/mol. The van der Waals surface area contributed by atoms with Crippen LogP contribution in [0.4, 0.5) is 0 Å². The minimum Gasteiger partial charge on any atom is -0.479 e. The number of piperidine rings is 1. The van der Waals surface area contributed by atoms with Crippen LogP contribution in [-0.2, 0) is 15.1 Å². The van der Waals surface area contributed by atoms with Gasteiger partial charge in [0.2, 0.25) is 5.91 Å². The molecule has 1 N–H and O–H groups in total. The molecule has 96 valence electrons. The van der Waals surface area contributed by atoms with Gasteiger partial charge in [-0.2, -0.15) is 5.10 Å². The van der Waals surface area contributed by atoms with E-state index in [1.54, 1.807) is 23.4 Å². The summed E-state index contributed by atoms with van der Waals surface area (Å²) >= 11 is 0. The summed E-state index contributed by atoms with van der Waals surface area (Å²) in [6, 6.07) is 1.70. The van der Waals surface area contributed by atoms with Crippen molar-refractivity contribution in [3.63, 3.8) is 0 Å². The number of carbonyl (C=O) groups is 2. The molecule has 2 rings (SSSR count). The Bertz CT molecular complexity index is 459. The Morgan fingerprint density at radius 1 is 1.39 bits per heavy atom. The third-order valence-corrected chi connectivity index (χ3v) is 3.42. The zero-order valence-electron chi connectivity index (χ0n) is 9.95. The van der Waals surface area contributed by atoms with Crippen molar-refractivity contribution in [3.05, 3.63) is 31.1 Å². The van der Waals surface area contributed by atoms with Gasteiger partial charge < -0.3 is 10.0 Å². The summed E-state index contributed by atoms with van der Waals surface area (Å²) in [4.78, 5) is 24.6. The largest absolute Gasteiger partial charge is 0.479 e. The van der Waals surface area contributed by atoms with E-state index in [9.17, 15) is 14.7 Å². The van der Waals surface area contributed by atoms with Crippen molar-refractivity contribution >= 4 is 11.9 Å². The molecular formula is C12H15N3O3. The number of hydrogen-bond acceptors (Lipinski definition) is 3. The minimum absolute atomic E-state index is 0.158. The Balaban J connectivity index is 2.20. The van der Waals surface area contributed by atoms with E-state index in [0.29, 0.717) is 25.9 Å². The molecule has 0 radical (unpaired) electrons. The second kappa shape index (κ2) is 4.64. The average molecular weight is 249 g/mol. The lowest BCUT2D eigenvalue weighted by Crippen LogP contribution is -2.52. The Morgan fingerprint density at radius 3 is 2.50 bits per heavy atom. The summed E-state index contributed by atoms with van der Waals surface area (Å²) in [6.07, 6.45) is 5.17. The molecule has 1 aromatic rings. The molecule has 0 bridgehead atoms. The number of carboxylic acid groups (broad SMARTS) is 1. The molecule has 18 heavy (non-hydrogen) atoms. The number of nitrogens with zero attached hydrogens (tertiary/aromatic N) is 3. The number of aromatic nitrogens is 2. The van der Waals surface area contributed by atoms with E-state index >= 15 is 0 Å². The zero-order valence-corrected chi connectivity index (χ0v) is 9.95. The number of carboxylic acids is 1. The van der Waals surface area contributed by atoms with E-state index in [4.69, 9.17) is 0 Å². The van der Waals surface area contributed by atoms with E-state index in [0.717, 1.165) is 0 Å². The SMILES string of the molecule is C=CC(=O)N1CCC(C(=O)O)(n2cccn2)CC1. The summed E-state index contributed by atoms with van der Waals surface area (Å²) in [6.45, 7) is 4.23. The van der Waals surface area contributed by atoms with Crippen LogP contribution in [0.15, 0.2) is 31.1 Å².